The number of nitrogens with zero attached hydrogens (tertiary/aromatic N) is 2. The van der Waals surface area contributed by atoms with Crippen molar-refractivity contribution in [3.8, 4) is 0 Å². The predicted molar refractivity (Wildman–Crippen MR) is 39.8 cm³/mol. The monoisotopic (exact) mass is 171 g/mol. The third-order valence-electron chi connectivity index (χ3n) is 1.24. The minimum absolute atomic E-state index is 0.0654. The van der Waals surface area contributed by atoms with Crippen LogP contribution in [0.3, 0.4) is 0 Å². The Hall–Kier alpha value is -1.59. The van der Waals surface area contributed by atoms with E-state index in [-0.39, 0.29) is 12.4 Å². The summed E-state index contributed by atoms with van der Waals surface area (Å²) in [5, 5.41) is 3.60. The molecule has 6 nitrogen and oxygen atoms in total. The lowest BCUT2D eigenvalue weighted by Crippen LogP contribution is -2.13. The van der Waals surface area contributed by atoms with Crippen molar-refractivity contribution in [2.45, 2.75) is 6.92 Å². The Morgan fingerprint density at radius 3 is 2.83 bits per heavy atom. The maximum absolute atomic E-state index is 10.9. The molecule has 0 bridgehead atoms. The molecule has 0 radical (unpaired) electrons. The van der Waals surface area contributed by atoms with Crippen molar-refractivity contribution in [2.24, 2.45) is 7.05 Å². The Morgan fingerprint density at radius 1 is 1.75 bits per heavy atom. The van der Waals surface area contributed by atoms with E-state index in [1.807, 2.05) is 0 Å². The van der Waals surface area contributed by atoms with Gasteiger partial charge in [-0.05, 0) is 6.92 Å². The zero-order chi connectivity index (χ0) is 9.14. The zero-order valence-corrected chi connectivity index (χ0v) is 6.83. The van der Waals surface area contributed by atoms with Crippen LogP contribution in [0.25, 0.3) is 0 Å². The minimum atomic E-state index is -0.616. The van der Waals surface area contributed by atoms with E-state index in [2.05, 4.69) is 14.8 Å². The molecule has 0 amide bonds. The van der Waals surface area contributed by atoms with Crippen LogP contribution < -0.4 is 5.69 Å². The molecule has 1 aromatic heterocycles. The number of hydrogen-bond acceptors (Lipinski definition) is 4. The summed E-state index contributed by atoms with van der Waals surface area (Å²) in [7, 11) is 1.45. The lowest BCUT2D eigenvalue weighted by molar-refractivity contribution is 0.0512. The third kappa shape index (κ3) is 1.52. The normalized spacial score (nSPS) is 9.83. The molecule has 0 saturated heterocycles. The molecule has 1 aromatic rings. The summed E-state index contributed by atoms with van der Waals surface area (Å²) in [4.78, 5) is 24.0. The maximum Gasteiger partial charge on any atom is 0.376 e. The van der Waals surface area contributed by atoms with E-state index in [4.69, 9.17) is 0 Å². The maximum atomic E-state index is 10.9. The fourth-order valence-corrected chi connectivity index (χ4v) is 0.694. The van der Waals surface area contributed by atoms with Crippen LogP contribution in [0, 0.1) is 0 Å². The van der Waals surface area contributed by atoms with Gasteiger partial charge in [-0.2, -0.15) is 0 Å². The number of carbonyl (C=O) groups excluding carboxylic acids is 1. The summed E-state index contributed by atoms with van der Waals surface area (Å²) in [5.41, 5.74) is -0.432. The summed E-state index contributed by atoms with van der Waals surface area (Å²) in [6.07, 6.45) is 0. The standard InChI is InChI=1S/C6H9N3O3/c1-3-12-5(10)4-7-6(11)9(2)8-4/h3H2,1-2H3,(H,7,8,11). The molecule has 0 aliphatic carbocycles. The average Bonchev–Trinajstić information content (AvgIpc) is 2.33. The third-order valence-corrected chi connectivity index (χ3v) is 1.24. The van der Waals surface area contributed by atoms with Crippen LogP contribution in [0.15, 0.2) is 4.79 Å². The number of carbonyl (C=O) groups is 1. The highest BCUT2D eigenvalue weighted by Gasteiger charge is 2.11. The van der Waals surface area contributed by atoms with Crippen LogP contribution in [0.5, 0.6) is 0 Å². The van der Waals surface area contributed by atoms with Crippen molar-refractivity contribution < 1.29 is 9.53 Å². The quantitative estimate of drug-likeness (QED) is 0.596. The molecule has 0 atom stereocenters. The lowest BCUT2D eigenvalue weighted by Gasteiger charge is -1.94. The van der Waals surface area contributed by atoms with Gasteiger partial charge in [0.15, 0.2) is 0 Å². The SMILES string of the molecule is CCOC(=O)c1nn(C)c(=O)[nH]1. The number of aromatic amines is 1. The van der Waals surface area contributed by atoms with E-state index < -0.39 is 11.7 Å². The summed E-state index contributed by atoms with van der Waals surface area (Å²) >= 11 is 0. The van der Waals surface area contributed by atoms with Crippen molar-refractivity contribution in [2.75, 3.05) is 6.61 Å². The van der Waals surface area contributed by atoms with Gasteiger partial charge < -0.3 is 4.74 Å². The summed E-state index contributed by atoms with van der Waals surface area (Å²) in [6.45, 7) is 1.94. The smallest absolute Gasteiger partial charge is 0.376 e. The molecule has 1 rings (SSSR count). The van der Waals surface area contributed by atoms with E-state index in [1.165, 1.54) is 7.05 Å². The molecule has 0 spiro atoms. The Labute approximate surface area is 68.2 Å². The highest BCUT2D eigenvalue weighted by Crippen LogP contribution is 1.88. The molecule has 0 aliphatic rings. The van der Waals surface area contributed by atoms with Crippen molar-refractivity contribution in [1.82, 2.24) is 14.8 Å². The fourth-order valence-electron chi connectivity index (χ4n) is 0.694. The van der Waals surface area contributed by atoms with Gasteiger partial charge in [-0.15, -0.1) is 5.10 Å². The van der Waals surface area contributed by atoms with Gasteiger partial charge in [-0.3, -0.25) is 4.98 Å². The van der Waals surface area contributed by atoms with E-state index in [0.717, 1.165) is 4.68 Å². The van der Waals surface area contributed by atoms with Crippen LogP contribution in [0.4, 0.5) is 0 Å². The second kappa shape index (κ2) is 3.21. The van der Waals surface area contributed by atoms with Gasteiger partial charge in [0, 0.05) is 7.05 Å². The summed E-state index contributed by atoms with van der Waals surface area (Å²) in [6, 6.07) is 0. The molecule has 6 heteroatoms. The molecule has 1 N–H and O–H groups in total. The van der Waals surface area contributed by atoms with E-state index >= 15 is 0 Å². The number of aromatic nitrogens is 3. The molecule has 1 heterocycles. The molecule has 0 unspecified atom stereocenters. The topological polar surface area (TPSA) is 77.0 Å². The number of aryl methyl sites for hydroxylation is 1. The number of H-pyrrole nitrogens is 1. The molecule has 0 fully saturated rings. The Bertz CT molecular complexity index is 338. The number of esters is 1. The van der Waals surface area contributed by atoms with Crippen LogP contribution >= 0.6 is 0 Å². The molecular formula is C6H9N3O3. The van der Waals surface area contributed by atoms with Crippen molar-refractivity contribution >= 4 is 5.97 Å². The number of rotatable bonds is 2. The van der Waals surface area contributed by atoms with Crippen LogP contribution in [0.1, 0.15) is 17.5 Å². The van der Waals surface area contributed by atoms with Gasteiger partial charge in [0.2, 0.25) is 5.82 Å². The first-order valence-corrected chi connectivity index (χ1v) is 3.45. The lowest BCUT2D eigenvalue weighted by atomic mass is 10.6. The minimum Gasteiger partial charge on any atom is -0.460 e. The predicted octanol–water partition coefficient (Wildman–Crippen LogP) is -0.715. The molecule has 0 aliphatic heterocycles. The Morgan fingerprint density at radius 2 is 2.42 bits per heavy atom. The van der Waals surface area contributed by atoms with Gasteiger partial charge in [0.25, 0.3) is 0 Å². The average molecular weight is 171 g/mol. The van der Waals surface area contributed by atoms with Crippen LogP contribution in [-0.2, 0) is 11.8 Å². The largest absolute Gasteiger partial charge is 0.460 e. The number of nitrogens with one attached hydrogen (secondary N) is 1. The summed E-state index contributed by atoms with van der Waals surface area (Å²) in [5.74, 6) is -0.681. The first-order chi connectivity index (χ1) is 5.65. The molecule has 12 heavy (non-hydrogen) atoms. The highest BCUT2D eigenvalue weighted by molar-refractivity contribution is 5.84. The number of hydrogen-bond donors (Lipinski definition) is 1. The molecular weight excluding hydrogens is 162 g/mol. The van der Waals surface area contributed by atoms with Crippen LogP contribution in [-0.4, -0.2) is 27.3 Å². The first-order valence-electron chi connectivity index (χ1n) is 3.45. The van der Waals surface area contributed by atoms with Gasteiger partial charge in [0.1, 0.15) is 0 Å². The van der Waals surface area contributed by atoms with Crippen molar-refractivity contribution in [3.05, 3.63) is 16.3 Å². The zero-order valence-electron chi connectivity index (χ0n) is 6.83. The second-order valence-corrected chi connectivity index (χ2v) is 2.12. The van der Waals surface area contributed by atoms with Crippen LogP contribution in [0.2, 0.25) is 0 Å². The van der Waals surface area contributed by atoms with Gasteiger partial charge in [-0.1, -0.05) is 0 Å². The van der Waals surface area contributed by atoms with Gasteiger partial charge in [-0.25, -0.2) is 14.3 Å². The first kappa shape index (κ1) is 8.51. The van der Waals surface area contributed by atoms with E-state index in [9.17, 15) is 9.59 Å². The Kier molecular flexibility index (Phi) is 2.27. The Balaban J connectivity index is 2.89. The highest BCUT2D eigenvalue weighted by atomic mass is 16.5. The van der Waals surface area contributed by atoms with Gasteiger partial charge in [0.05, 0.1) is 6.61 Å². The molecule has 0 saturated carbocycles. The van der Waals surface area contributed by atoms with Gasteiger partial charge >= 0.3 is 11.7 Å². The van der Waals surface area contributed by atoms with E-state index in [0.29, 0.717) is 0 Å². The second-order valence-electron chi connectivity index (χ2n) is 2.12. The summed E-state index contributed by atoms with van der Waals surface area (Å²) < 4.78 is 5.65. The van der Waals surface area contributed by atoms with Crippen molar-refractivity contribution in [1.29, 1.82) is 0 Å². The number of ether oxygens (including phenoxy) is 1. The molecule has 0 aromatic carbocycles. The fraction of sp³-hybridized carbons (Fsp3) is 0.500. The molecule has 66 valence electrons. The van der Waals surface area contributed by atoms with Crippen molar-refractivity contribution in [3.63, 3.8) is 0 Å². The van der Waals surface area contributed by atoms with E-state index in [1.54, 1.807) is 6.92 Å².